The number of amides is 1. The number of carbonyl (C=O) groups excluding carboxylic acids is 1. The second-order valence-electron chi connectivity index (χ2n) is 4.44. The second-order valence-corrected chi connectivity index (χ2v) is 4.44. The maximum atomic E-state index is 13.7. The molecule has 0 bridgehead atoms. The zero-order valence-electron chi connectivity index (χ0n) is 11.7. The Bertz CT molecular complexity index is 722. The summed E-state index contributed by atoms with van der Waals surface area (Å²) in [6.07, 6.45) is 0. The van der Waals surface area contributed by atoms with Crippen LogP contribution in [0.3, 0.4) is 0 Å². The van der Waals surface area contributed by atoms with Crippen LogP contribution < -0.4 is 10.2 Å². The summed E-state index contributed by atoms with van der Waals surface area (Å²) in [5, 5.41) is 11.6. The molecular formula is C16H14FN3O. The first-order chi connectivity index (χ1) is 10.1. The van der Waals surface area contributed by atoms with Crippen LogP contribution >= 0.6 is 0 Å². The van der Waals surface area contributed by atoms with Gasteiger partial charge in [-0.15, -0.1) is 0 Å². The van der Waals surface area contributed by atoms with E-state index in [4.69, 9.17) is 5.26 Å². The van der Waals surface area contributed by atoms with E-state index in [-0.39, 0.29) is 17.2 Å². The summed E-state index contributed by atoms with van der Waals surface area (Å²) >= 11 is 0. The summed E-state index contributed by atoms with van der Waals surface area (Å²) in [4.78, 5) is 13.9. The molecule has 0 saturated carbocycles. The van der Waals surface area contributed by atoms with Crippen molar-refractivity contribution in [3.63, 3.8) is 0 Å². The molecule has 0 aliphatic carbocycles. The highest BCUT2D eigenvalue weighted by molar-refractivity contribution is 6.09. The zero-order valence-corrected chi connectivity index (χ0v) is 11.7. The minimum atomic E-state index is -0.484. The molecule has 5 heteroatoms. The molecule has 0 radical (unpaired) electrons. The minimum absolute atomic E-state index is 0.158. The molecule has 0 aliphatic heterocycles. The van der Waals surface area contributed by atoms with Crippen LogP contribution in [0, 0.1) is 17.1 Å². The summed E-state index contributed by atoms with van der Waals surface area (Å²) in [6, 6.07) is 13.0. The summed E-state index contributed by atoms with van der Waals surface area (Å²) in [5.41, 5.74) is 1.43. The van der Waals surface area contributed by atoms with E-state index in [2.05, 4.69) is 5.32 Å². The number of hydrogen-bond acceptors (Lipinski definition) is 3. The van der Waals surface area contributed by atoms with Crippen molar-refractivity contribution in [2.45, 2.75) is 0 Å². The van der Waals surface area contributed by atoms with Gasteiger partial charge in [0.05, 0.1) is 22.9 Å². The fourth-order valence-corrected chi connectivity index (χ4v) is 2.04. The van der Waals surface area contributed by atoms with Crippen molar-refractivity contribution in [3.05, 3.63) is 59.4 Å². The predicted octanol–water partition coefficient (Wildman–Crippen LogP) is 3.02. The van der Waals surface area contributed by atoms with Crippen molar-refractivity contribution in [1.29, 1.82) is 5.26 Å². The molecule has 0 heterocycles. The number of para-hydroxylation sites is 1. The van der Waals surface area contributed by atoms with E-state index >= 15 is 0 Å². The van der Waals surface area contributed by atoms with E-state index in [1.807, 2.05) is 6.07 Å². The van der Waals surface area contributed by atoms with Gasteiger partial charge >= 0.3 is 0 Å². The number of benzene rings is 2. The first-order valence-corrected chi connectivity index (χ1v) is 6.33. The van der Waals surface area contributed by atoms with E-state index < -0.39 is 5.82 Å². The molecule has 2 aromatic carbocycles. The van der Waals surface area contributed by atoms with Crippen molar-refractivity contribution in [3.8, 4) is 6.07 Å². The van der Waals surface area contributed by atoms with Crippen LogP contribution in [0.2, 0.25) is 0 Å². The summed E-state index contributed by atoms with van der Waals surface area (Å²) in [7, 11) is 3.15. The van der Waals surface area contributed by atoms with Gasteiger partial charge < -0.3 is 10.2 Å². The molecule has 0 saturated heterocycles. The van der Waals surface area contributed by atoms with Crippen LogP contribution in [0.15, 0.2) is 42.5 Å². The lowest BCUT2D eigenvalue weighted by Crippen LogP contribution is -2.27. The lowest BCUT2D eigenvalue weighted by Gasteiger charge is -2.19. The van der Waals surface area contributed by atoms with Crippen LogP contribution in [0.4, 0.5) is 15.8 Å². The predicted molar refractivity (Wildman–Crippen MR) is 79.8 cm³/mol. The van der Waals surface area contributed by atoms with Gasteiger partial charge in [0.15, 0.2) is 0 Å². The Morgan fingerprint density at radius 2 is 2.00 bits per heavy atom. The van der Waals surface area contributed by atoms with Crippen molar-refractivity contribution in [2.75, 3.05) is 24.3 Å². The van der Waals surface area contributed by atoms with Crippen molar-refractivity contribution in [1.82, 2.24) is 0 Å². The number of nitrogens with zero attached hydrogens (tertiary/aromatic N) is 2. The first kappa shape index (κ1) is 14.5. The van der Waals surface area contributed by atoms with Gasteiger partial charge in [0, 0.05) is 19.8 Å². The first-order valence-electron chi connectivity index (χ1n) is 6.33. The standard InChI is InChI=1S/C16H14FN3O/c1-19-15-13(7-4-8-14(15)17)16(21)20(2)12-6-3-5-11(9-12)10-18/h3-9,19H,1-2H3. The second kappa shape index (κ2) is 6.06. The lowest BCUT2D eigenvalue weighted by molar-refractivity contribution is 0.0993. The molecule has 1 N–H and O–H groups in total. The zero-order chi connectivity index (χ0) is 15.4. The third-order valence-corrected chi connectivity index (χ3v) is 3.16. The van der Waals surface area contributed by atoms with Gasteiger partial charge in [-0.1, -0.05) is 12.1 Å². The fraction of sp³-hybridized carbons (Fsp3) is 0.125. The van der Waals surface area contributed by atoms with Crippen molar-refractivity contribution < 1.29 is 9.18 Å². The molecule has 106 valence electrons. The Morgan fingerprint density at radius 3 is 2.67 bits per heavy atom. The van der Waals surface area contributed by atoms with E-state index in [0.29, 0.717) is 11.3 Å². The molecule has 2 aromatic rings. The Kier molecular flexibility index (Phi) is 4.19. The number of hydrogen-bond donors (Lipinski definition) is 1. The Morgan fingerprint density at radius 1 is 1.29 bits per heavy atom. The van der Waals surface area contributed by atoms with E-state index in [1.54, 1.807) is 44.4 Å². The van der Waals surface area contributed by atoms with E-state index in [9.17, 15) is 9.18 Å². The molecule has 0 atom stereocenters. The quantitative estimate of drug-likeness (QED) is 0.942. The van der Waals surface area contributed by atoms with Crippen LogP contribution in [-0.2, 0) is 0 Å². The average Bonchev–Trinajstić information content (AvgIpc) is 2.53. The number of anilines is 2. The van der Waals surface area contributed by atoms with Gasteiger partial charge in [0.25, 0.3) is 5.91 Å². The van der Waals surface area contributed by atoms with Crippen LogP contribution in [-0.4, -0.2) is 20.0 Å². The summed E-state index contributed by atoms with van der Waals surface area (Å²) < 4.78 is 13.7. The fourth-order valence-electron chi connectivity index (χ4n) is 2.04. The topological polar surface area (TPSA) is 56.1 Å². The van der Waals surface area contributed by atoms with Gasteiger partial charge in [-0.2, -0.15) is 5.26 Å². The van der Waals surface area contributed by atoms with Crippen LogP contribution in [0.25, 0.3) is 0 Å². The molecule has 2 rings (SSSR count). The van der Waals surface area contributed by atoms with Gasteiger partial charge in [0.1, 0.15) is 5.82 Å². The SMILES string of the molecule is CNc1c(F)cccc1C(=O)N(C)c1cccc(C#N)c1. The average molecular weight is 283 g/mol. The number of nitriles is 1. The van der Waals surface area contributed by atoms with E-state index in [0.717, 1.165) is 0 Å². The maximum Gasteiger partial charge on any atom is 0.260 e. The Hall–Kier alpha value is -2.87. The molecular weight excluding hydrogens is 269 g/mol. The third-order valence-electron chi connectivity index (χ3n) is 3.16. The molecule has 4 nitrogen and oxygen atoms in total. The number of carbonyl (C=O) groups is 1. The van der Waals surface area contributed by atoms with Crippen LogP contribution in [0.1, 0.15) is 15.9 Å². The normalized spacial score (nSPS) is 9.81. The number of nitrogens with one attached hydrogen (secondary N) is 1. The van der Waals surface area contributed by atoms with Gasteiger partial charge in [-0.3, -0.25) is 4.79 Å². The van der Waals surface area contributed by atoms with E-state index in [1.165, 1.54) is 17.0 Å². The monoisotopic (exact) mass is 283 g/mol. The van der Waals surface area contributed by atoms with Crippen LogP contribution in [0.5, 0.6) is 0 Å². The number of rotatable bonds is 3. The minimum Gasteiger partial charge on any atom is -0.385 e. The summed E-state index contributed by atoms with van der Waals surface area (Å²) in [5.74, 6) is -0.837. The highest BCUT2D eigenvalue weighted by atomic mass is 19.1. The molecule has 0 spiro atoms. The highest BCUT2D eigenvalue weighted by Crippen LogP contribution is 2.23. The Balaban J connectivity index is 2.40. The smallest absolute Gasteiger partial charge is 0.260 e. The summed E-state index contributed by atoms with van der Waals surface area (Å²) in [6.45, 7) is 0. The molecule has 1 amide bonds. The van der Waals surface area contributed by atoms with Crippen molar-refractivity contribution >= 4 is 17.3 Å². The molecule has 21 heavy (non-hydrogen) atoms. The molecule has 0 aliphatic rings. The maximum absolute atomic E-state index is 13.7. The lowest BCUT2D eigenvalue weighted by atomic mass is 10.1. The highest BCUT2D eigenvalue weighted by Gasteiger charge is 2.19. The number of halogens is 1. The van der Waals surface area contributed by atoms with Crippen molar-refractivity contribution in [2.24, 2.45) is 0 Å². The Labute approximate surface area is 122 Å². The third kappa shape index (κ3) is 2.84. The van der Waals surface area contributed by atoms with Gasteiger partial charge in [0.2, 0.25) is 0 Å². The molecule has 0 unspecified atom stereocenters. The largest absolute Gasteiger partial charge is 0.385 e. The molecule has 0 aromatic heterocycles. The van der Waals surface area contributed by atoms with Gasteiger partial charge in [-0.05, 0) is 30.3 Å². The molecule has 0 fully saturated rings. The van der Waals surface area contributed by atoms with Gasteiger partial charge in [-0.25, -0.2) is 4.39 Å².